The summed E-state index contributed by atoms with van der Waals surface area (Å²) in [6, 6.07) is 11.3. The van der Waals surface area contributed by atoms with Crippen LogP contribution in [0, 0.1) is 6.92 Å². The van der Waals surface area contributed by atoms with Crippen molar-refractivity contribution in [1.82, 2.24) is 14.8 Å². The fraction of sp³-hybridized carbons (Fsp3) is 0.250. The molecule has 0 unspecified atom stereocenters. The van der Waals surface area contributed by atoms with Crippen LogP contribution in [0.25, 0.3) is 11.4 Å². The Balaban J connectivity index is 2.05. The quantitative estimate of drug-likeness (QED) is 0.581. The number of aryl methyl sites for hydroxylation is 1. The second-order valence-electron chi connectivity index (χ2n) is 6.17. The van der Waals surface area contributed by atoms with Crippen molar-refractivity contribution in [1.29, 1.82) is 0 Å². The molecular weight excluding hydrogens is 387 g/mol. The van der Waals surface area contributed by atoms with Crippen molar-refractivity contribution in [2.24, 2.45) is 0 Å². The summed E-state index contributed by atoms with van der Waals surface area (Å²) in [6.45, 7) is 2.27. The minimum absolute atomic E-state index is 0.0689. The van der Waals surface area contributed by atoms with Gasteiger partial charge in [-0.3, -0.25) is 4.79 Å². The number of aromatic nitrogens is 3. The van der Waals surface area contributed by atoms with Crippen molar-refractivity contribution < 1.29 is 27.4 Å². The molecule has 1 heterocycles. The summed E-state index contributed by atoms with van der Waals surface area (Å²) in [6.07, 6.45) is -4.56. The van der Waals surface area contributed by atoms with E-state index in [1.54, 1.807) is 12.1 Å². The largest absolute Gasteiger partial charge is 0.460 e. The van der Waals surface area contributed by atoms with E-state index in [2.05, 4.69) is 10.1 Å². The topological polar surface area (TPSA) is 66.2 Å². The molecule has 0 bridgehead atoms. The molecule has 0 aliphatic carbocycles. The molecular formula is C20H18F3N3O3. The number of alkyl halides is 3. The number of carbonyl (C=O) groups is 1. The summed E-state index contributed by atoms with van der Waals surface area (Å²) >= 11 is 0. The number of methoxy groups -OCH3 is 1. The molecule has 0 atom stereocenters. The van der Waals surface area contributed by atoms with Gasteiger partial charge in [-0.25, -0.2) is 0 Å². The van der Waals surface area contributed by atoms with E-state index in [4.69, 9.17) is 9.47 Å². The molecule has 2 aromatic carbocycles. The highest BCUT2D eigenvalue weighted by Gasteiger charge is 2.31. The third-order valence-corrected chi connectivity index (χ3v) is 4.12. The normalized spacial score (nSPS) is 11.5. The van der Waals surface area contributed by atoms with E-state index in [1.165, 1.54) is 19.2 Å². The Morgan fingerprint density at radius 1 is 1.10 bits per heavy atom. The first-order chi connectivity index (χ1) is 13.8. The van der Waals surface area contributed by atoms with Crippen molar-refractivity contribution in [3.05, 3.63) is 65.2 Å². The van der Waals surface area contributed by atoms with Gasteiger partial charge in [-0.05, 0) is 30.7 Å². The lowest BCUT2D eigenvalue weighted by molar-refractivity contribution is -0.137. The van der Waals surface area contributed by atoms with Crippen LogP contribution in [0.2, 0.25) is 0 Å². The van der Waals surface area contributed by atoms with E-state index >= 15 is 0 Å². The molecule has 0 aliphatic rings. The van der Waals surface area contributed by atoms with Gasteiger partial charge in [0.25, 0.3) is 5.91 Å². The molecule has 9 heteroatoms. The van der Waals surface area contributed by atoms with Crippen LogP contribution < -0.4 is 4.74 Å². The second-order valence-corrected chi connectivity index (χ2v) is 6.17. The SMILES string of the molecule is COCCOc1nc(-c2ccccc2C)n(C(=O)c2cccc(C(F)(F)F)c2)n1. The lowest BCUT2D eigenvalue weighted by Crippen LogP contribution is -2.17. The van der Waals surface area contributed by atoms with Crippen LogP contribution in [-0.2, 0) is 10.9 Å². The third-order valence-electron chi connectivity index (χ3n) is 4.12. The van der Waals surface area contributed by atoms with Gasteiger partial charge in [-0.15, -0.1) is 5.10 Å². The number of halogens is 3. The van der Waals surface area contributed by atoms with Crippen LogP contribution in [-0.4, -0.2) is 41.0 Å². The molecule has 3 aromatic rings. The average Bonchev–Trinajstić information content (AvgIpc) is 3.11. The Morgan fingerprint density at radius 2 is 1.86 bits per heavy atom. The van der Waals surface area contributed by atoms with Crippen LogP contribution in [0.15, 0.2) is 48.5 Å². The van der Waals surface area contributed by atoms with Gasteiger partial charge in [0.1, 0.15) is 6.61 Å². The van der Waals surface area contributed by atoms with Crippen LogP contribution in [0.3, 0.4) is 0 Å². The highest BCUT2D eigenvalue weighted by atomic mass is 19.4. The van der Waals surface area contributed by atoms with Gasteiger partial charge in [0.2, 0.25) is 0 Å². The maximum Gasteiger partial charge on any atom is 0.416 e. The summed E-state index contributed by atoms with van der Waals surface area (Å²) in [4.78, 5) is 17.2. The standard InChI is InChI=1S/C20H18F3N3O3/c1-13-6-3-4-9-16(13)17-24-19(29-11-10-28-2)25-26(17)18(27)14-7-5-8-15(12-14)20(21,22)23/h3-9,12H,10-11H2,1-2H3. The Bertz CT molecular complexity index is 1020. The fourth-order valence-electron chi connectivity index (χ4n) is 2.66. The van der Waals surface area contributed by atoms with E-state index in [1.807, 2.05) is 19.1 Å². The molecule has 0 aliphatic heterocycles. The number of hydrogen-bond donors (Lipinski definition) is 0. The first kappa shape index (κ1) is 20.5. The number of carbonyl (C=O) groups excluding carboxylic acids is 1. The van der Waals surface area contributed by atoms with Crippen molar-refractivity contribution in [3.8, 4) is 17.4 Å². The molecule has 29 heavy (non-hydrogen) atoms. The Kier molecular flexibility index (Phi) is 5.97. The maximum absolute atomic E-state index is 13.0. The van der Waals surface area contributed by atoms with E-state index in [0.29, 0.717) is 5.56 Å². The lowest BCUT2D eigenvalue weighted by Gasteiger charge is -2.09. The number of hydrogen-bond acceptors (Lipinski definition) is 5. The van der Waals surface area contributed by atoms with Gasteiger partial charge in [-0.1, -0.05) is 30.3 Å². The Hall–Kier alpha value is -3.20. The first-order valence-electron chi connectivity index (χ1n) is 8.68. The second kappa shape index (κ2) is 8.44. The van der Waals surface area contributed by atoms with Crippen molar-refractivity contribution in [2.75, 3.05) is 20.3 Å². The molecule has 0 saturated carbocycles. The molecule has 0 N–H and O–H groups in total. The monoisotopic (exact) mass is 405 g/mol. The zero-order valence-electron chi connectivity index (χ0n) is 15.7. The highest BCUT2D eigenvalue weighted by Crippen LogP contribution is 2.30. The van der Waals surface area contributed by atoms with Crippen molar-refractivity contribution in [3.63, 3.8) is 0 Å². The predicted molar refractivity (Wildman–Crippen MR) is 98.7 cm³/mol. The Labute approximate surface area is 164 Å². The Morgan fingerprint density at radius 3 is 2.55 bits per heavy atom. The smallest absolute Gasteiger partial charge is 0.416 e. The zero-order chi connectivity index (χ0) is 21.0. The summed E-state index contributed by atoms with van der Waals surface area (Å²) in [5, 5.41) is 4.06. The minimum Gasteiger partial charge on any atom is -0.460 e. The number of ether oxygens (including phenoxy) is 2. The average molecular weight is 405 g/mol. The van der Waals surface area contributed by atoms with Crippen molar-refractivity contribution in [2.45, 2.75) is 13.1 Å². The van der Waals surface area contributed by atoms with Gasteiger partial charge >= 0.3 is 12.2 Å². The van der Waals surface area contributed by atoms with Gasteiger partial charge in [0, 0.05) is 18.2 Å². The minimum atomic E-state index is -4.56. The van der Waals surface area contributed by atoms with E-state index < -0.39 is 17.6 Å². The molecule has 1 aromatic heterocycles. The molecule has 3 rings (SSSR count). The summed E-state index contributed by atoms with van der Waals surface area (Å²) in [7, 11) is 1.51. The first-order valence-corrected chi connectivity index (χ1v) is 8.68. The van der Waals surface area contributed by atoms with Crippen LogP contribution in [0.1, 0.15) is 21.5 Å². The zero-order valence-corrected chi connectivity index (χ0v) is 15.7. The van der Waals surface area contributed by atoms with E-state index in [9.17, 15) is 18.0 Å². The van der Waals surface area contributed by atoms with E-state index in [0.717, 1.165) is 22.4 Å². The van der Waals surface area contributed by atoms with Gasteiger partial charge in [0.05, 0.1) is 12.2 Å². The predicted octanol–water partition coefficient (Wildman–Crippen LogP) is 3.99. The summed E-state index contributed by atoms with van der Waals surface area (Å²) in [5.41, 5.74) is 0.351. The molecule has 0 saturated heterocycles. The van der Waals surface area contributed by atoms with E-state index in [-0.39, 0.29) is 30.6 Å². The maximum atomic E-state index is 13.0. The molecule has 0 fully saturated rings. The lowest BCUT2D eigenvalue weighted by atomic mass is 10.1. The van der Waals surface area contributed by atoms with Crippen molar-refractivity contribution >= 4 is 5.91 Å². The van der Waals surface area contributed by atoms with Gasteiger partial charge in [-0.2, -0.15) is 22.8 Å². The molecule has 6 nitrogen and oxygen atoms in total. The van der Waals surface area contributed by atoms with Crippen LogP contribution in [0.4, 0.5) is 13.2 Å². The molecule has 0 spiro atoms. The van der Waals surface area contributed by atoms with Gasteiger partial charge < -0.3 is 9.47 Å². The van der Waals surface area contributed by atoms with Crippen LogP contribution in [0.5, 0.6) is 6.01 Å². The third kappa shape index (κ3) is 4.62. The number of rotatable bonds is 6. The molecule has 0 radical (unpaired) electrons. The molecule has 0 amide bonds. The van der Waals surface area contributed by atoms with Gasteiger partial charge in [0.15, 0.2) is 5.82 Å². The summed E-state index contributed by atoms with van der Waals surface area (Å²) < 4.78 is 50.3. The summed E-state index contributed by atoms with van der Waals surface area (Å²) in [5.74, 6) is -0.568. The van der Waals surface area contributed by atoms with Crippen LogP contribution >= 0.6 is 0 Å². The fourth-order valence-corrected chi connectivity index (χ4v) is 2.66. The number of benzene rings is 2. The number of nitrogens with zero attached hydrogens (tertiary/aromatic N) is 3. The molecule has 152 valence electrons. The highest BCUT2D eigenvalue weighted by molar-refractivity contribution is 5.97.